The fourth-order valence-electron chi connectivity index (χ4n) is 2.64. The maximum Gasteiger partial charge on any atom is 0.222 e. The highest BCUT2D eigenvalue weighted by Gasteiger charge is 2.21. The first-order chi connectivity index (χ1) is 8.17. The molecule has 0 heterocycles. The van der Waals surface area contributed by atoms with Crippen molar-refractivity contribution in [2.24, 2.45) is 23.5 Å². The van der Waals surface area contributed by atoms with E-state index in [-0.39, 0.29) is 11.8 Å². The predicted octanol–water partition coefficient (Wildman–Crippen LogP) is 2.30. The molecule has 0 aliphatic heterocycles. The van der Waals surface area contributed by atoms with Crippen molar-refractivity contribution in [2.75, 3.05) is 13.1 Å². The van der Waals surface area contributed by atoms with Gasteiger partial charge in [0, 0.05) is 12.5 Å². The van der Waals surface area contributed by atoms with Crippen LogP contribution in [0.4, 0.5) is 0 Å². The van der Waals surface area contributed by atoms with Gasteiger partial charge in [-0.05, 0) is 37.6 Å². The molecule has 100 valence electrons. The van der Waals surface area contributed by atoms with Gasteiger partial charge in [0.25, 0.3) is 0 Å². The van der Waals surface area contributed by atoms with Gasteiger partial charge in [0.15, 0.2) is 0 Å². The molecule has 3 N–H and O–H groups in total. The van der Waals surface area contributed by atoms with Gasteiger partial charge in [-0.2, -0.15) is 0 Å². The fourth-order valence-corrected chi connectivity index (χ4v) is 2.64. The summed E-state index contributed by atoms with van der Waals surface area (Å²) in [7, 11) is 0. The molecule has 3 nitrogen and oxygen atoms in total. The van der Waals surface area contributed by atoms with Crippen molar-refractivity contribution in [1.82, 2.24) is 5.32 Å². The van der Waals surface area contributed by atoms with Crippen LogP contribution in [-0.2, 0) is 4.79 Å². The van der Waals surface area contributed by atoms with Crippen LogP contribution in [0.15, 0.2) is 0 Å². The minimum atomic E-state index is 0.0620. The van der Waals surface area contributed by atoms with E-state index >= 15 is 0 Å². The first-order valence-electron chi connectivity index (χ1n) is 7.15. The molecule has 1 aliphatic carbocycles. The van der Waals surface area contributed by atoms with Gasteiger partial charge >= 0.3 is 0 Å². The topological polar surface area (TPSA) is 55.1 Å². The molecule has 1 rings (SSSR count). The van der Waals surface area contributed by atoms with E-state index in [1.165, 1.54) is 32.1 Å². The zero-order valence-corrected chi connectivity index (χ0v) is 11.4. The molecule has 0 spiro atoms. The molecule has 1 amide bonds. The van der Waals surface area contributed by atoms with Gasteiger partial charge in [0.2, 0.25) is 5.91 Å². The molecule has 1 aliphatic rings. The quantitative estimate of drug-likeness (QED) is 0.748. The van der Waals surface area contributed by atoms with Crippen molar-refractivity contribution in [1.29, 1.82) is 0 Å². The molecular formula is C14H28N2O. The number of amides is 1. The Balaban J connectivity index is 2.16. The summed E-state index contributed by atoms with van der Waals surface area (Å²) < 4.78 is 0. The predicted molar refractivity (Wildman–Crippen MR) is 71.6 cm³/mol. The molecule has 0 radical (unpaired) electrons. The summed E-state index contributed by atoms with van der Waals surface area (Å²) in [4.78, 5) is 11.7. The van der Waals surface area contributed by atoms with Gasteiger partial charge in [-0.1, -0.05) is 33.1 Å². The Morgan fingerprint density at radius 3 is 2.41 bits per heavy atom. The maximum atomic E-state index is 11.7. The van der Waals surface area contributed by atoms with Gasteiger partial charge in [-0.25, -0.2) is 0 Å². The Bertz CT molecular complexity index is 222. The van der Waals surface area contributed by atoms with Crippen molar-refractivity contribution in [2.45, 2.75) is 52.4 Å². The van der Waals surface area contributed by atoms with Gasteiger partial charge in [-0.3, -0.25) is 4.79 Å². The van der Waals surface area contributed by atoms with Crippen molar-refractivity contribution in [3.8, 4) is 0 Å². The molecule has 1 saturated carbocycles. The van der Waals surface area contributed by atoms with Crippen molar-refractivity contribution in [3.63, 3.8) is 0 Å². The lowest BCUT2D eigenvalue weighted by Gasteiger charge is -2.28. The summed E-state index contributed by atoms with van der Waals surface area (Å²) in [5.41, 5.74) is 5.46. The summed E-state index contributed by atoms with van der Waals surface area (Å²) in [6.45, 7) is 5.69. The lowest BCUT2D eigenvalue weighted by atomic mass is 9.81. The highest BCUT2D eigenvalue weighted by atomic mass is 16.1. The van der Waals surface area contributed by atoms with E-state index in [4.69, 9.17) is 5.73 Å². The highest BCUT2D eigenvalue weighted by molar-refractivity contribution is 5.78. The average molecular weight is 240 g/mol. The smallest absolute Gasteiger partial charge is 0.222 e. The van der Waals surface area contributed by atoms with Crippen LogP contribution in [0, 0.1) is 17.8 Å². The van der Waals surface area contributed by atoms with E-state index in [1.807, 2.05) is 6.92 Å². The Hall–Kier alpha value is -0.570. The zero-order valence-electron chi connectivity index (χ0n) is 11.4. The van der Waals surface area contributed by atoms with Gasteiger partial charge in [-0.15, -0.1) is 0 Å². The average Bonchev–Trinajstić information content (AvgIpc) is 2.36. The standard InChI is InChI=1S/C14H28N2O/c1-3-12-4-6-13(7-5-12)10-16-14(17)11(2)8-9-15/h11-13H,3-10,15H2,1-2H3,(H,16,17). The van der Waals surface area contributed by atoms with Crippen LogP contribution in [0.25, 0.3) is 0 Å². The summed E-state index contributed by atoms with van der Waals surface area (Å²) >= 11 is 0. The first-order valence-corrected chi connectivity index (χ1v) is 7.15. The molecule has 0 aromatic rings. The number of hydrogen-bond donors (Lipinski definition) is 2. The maximum absolute atomic E-state index is 11.7. The van der Waals surface area contributed by atoms with E-state index in [2.05, 4.69) is 12.2 Å². The molecule has 1 atom stereocenters. The van der Waals surface area contributed by atoms with Crippen LogP contribution < -0.4 is 11.1 Å². The minimum Gasteiger partial charge on any atom is -0.356 e. The molecule has 0 bridgehead atoms. The zero-order chi connectivity index (χ0) is 12.7. The Morgan fingerprint density at radius 1 is 1.29 bits per heavy atom. The molecule has 3 heteroatoms. The molecule has 1 unspecified atom stereocenters. The van der Waals surface area contributed by atoms with Crippen LogP contribution in [0.3, 0.4) is 0 Å². The number of carbonyl (C=O) groups excluding carboxylic acids is 1. The number of carbonyl (C=O) groups is 1. The Labute approximate surface area is 106 Å². The number of hydrogen-bond acceptors (Lipinski definition) is 2. The van der Waals surface area contributed by atoms with Crippen molar-refractivity contribution < 1.29 is 4.79 Å². The van der Waals surface area contributed by atoms with E-state index in [1.54, 1.807) is 0 Å². The lowest BCUT2D eigenvalue weighted by molar-refractivity contribution is -0.124. The van der Waals surface area contributed by atoms with E-state index in [9.17, 15) is 4.79 Å². The number of nitrogens with one attached hydrogen (secondary N) is 1. The summed E-state index contributed by atoms with van der Waals surface area (Å²) in [5, 5.41) is 3.08. The van der Waals surface area contributed by atoms with Gasteiger partial charge < -0.3 is 11.1 Å². The van der Waals surface area contributed by atoms with E-state index < -0.39 is 0 Å². The number of nitrogens with two attached hydrogens (primary N) is 1. The second-order valence-electron chi connectivity index (χ2n) is 5.52. The van der Waals surface area contributed by atoms with Gasteiger partial charge in [0.1, 0.15) is 0 Å². The van der Waals surface area contributed by atoms with Crippen molar-refractivity contribution in [3.05, 3.63) is 0 Å². The molecule has 0 aromatic heterocycles. The van der Waals surface area contributed by atoms with Crippen LogP contribution in [0.5, 0.6) is 0 Å². The van der Waals surface area contributed by atoms with Crippen LogP contribution in [-0.4, -0.2) is 19.0 Å². The second kappa shape index (κ2) is 7.70. The molecule has 1 fully saturated rings. The first kappa shape index (κ1) is 14.5. The van der Waals surface area contributed by atoms with Crippen LogP contribution >= 0.6 is 0 Å². The monoisotopic (exact) mass is 240 g/mol. The van der Waals surface area contributed by atoms with Crippen molar-refractivity contribution >= 4 is 5.91 Å². The lowest BCUT2D eigenvalue weighted by Crippen LogP contribution is -2.35. The minimum absolute atomic E-state index is 0.0620. The fraction of sp³-hybridized carbons (Fsp3) is 0.929. The van der Waals surface area contributed by atoms with E-state index in [0.29, 0.717) is 12.5 Å². The molecule has 0 aromatic carbocycles. The third-order valence-corrected chi connectivity index (χ3v) is 4.16. The molecular weight excluding hydrogens is 212 g/mol. The molecule has 17 heavy (non-hydrogen) atoms. The normalized spacial score (nSPS) is 26.5. The highest BCUT2D eigenvalue weighted by Crippen LogP contribution is 2.30. The van der Waals surface area contributed by atoms with Crippen LogP contribution in [0.2, 0.25) is 0 Å². The summed E-state index contributed by atoms with van der Waals surface area (Å²) in [6.07, 6.45) is 7.35. The third kappa shape index (κ3) is 5.07. The van der Waals surface area contributed by atoms with Crippen LogP contribution in [0.1, 0.15) is 52.4 Å². The second-order valence-corrected chi connectivity index (χ2v) is 5.52. The summed E-state index contributed by atoms with van der Waals surface area (Å²) in [5.74, 6) is 1.87. The van der Waals surface area contributed by atoms with Gasteiger partial charge in [0.05, 0.1) is 0 Å². The Kier molecular flexibility index (Phi) is 6.56. The third-order valence-electron chi connectivity index (χ3n) is 4.16. The number of rotatable bonds is 6. The van der Waals surface area contributed by atoms with E-state index in [0.717, 1.165) is 18.9 Å². The molecule has 0 saturated heterocycles. The SMILES string of the molecule is CCC1CCC(CNC(=O)C(C)CCN)CC1. The largest absolute Gasteiger partial charge is 0.356 e. The Morgan fingerprint density at radius 2 is 1.88 bits per heavy atom. The summed E-state index contributed by atoms with van der Waals surface area (Å²) in [6, 6.07) is 0.